The maximum absolute atomic E-state index is 10.4. The summed E-state index contributed by atoms with van der Waals surface area (Å²) in [6.45, 7) is 2.74. The number of carboxylic acids is 1. The molecule has 0 spiro atoms. The maximum Gasteiger partial charge on any atom is 0.303 e. The summed E-state index contributed by atoms with van der Waals surface area (Å²) in [5.74, 6) is -0.764. The van der Waals surface area contributed by atoms with E-state index in [9.17, 15) is 4.79 Å². The molecule has 0 aliphatic rings. The van der Waals surface area contributed by atoms with Crippen LogP contribution in [0.15, 0.2) is 18.2 Å². The smallest absolute Gasteiger partial charge is 0.303 e. The van der Waals surface area contributed by atoms with Crippen LogP contribution in [0.3, 0.4) is 0 Å². The lowest BCUT2D eigenvalue weighted by Gasteiger charge is -2.17. The quantitative estimate of drug-likeness (QED) is 0.749. The summed E-state index contributed by atoms with van der Waals surface area (Å²) >= 11 is 11.9. The molecule has 0 heterocycles. The van der Waals surface area contributed by atoms with Crippen LogP contribution in [0, 0.1) is 0 Å². The third-order valence-corrected chi connectivity index (χ3v) is 3.45. The van der Waals surface area contributed by atoms with Crippen LogP contribution in [0.4, 0.5) is 0 Å². The van der Waals surface area contributed by atoms with Crippen molar-refractivity contribution in [3.63, 3.8) is 0 Å². The molecule has 18 heavy (non-hydrogen) atoms. The second kappa shape index (κ2) is 7.62. The minimum Gasteiger partial charge on any atom is -0.481 e. The summed E-state index contributed by atoms with van der Waals surface area (Å²) in [6, 6.07) is 5.74. The Morgan fingerprint density at radius 3 is 2.67 bits per heavy atom. The number of carbonyl (C=O) groups is 1. The van der Waals surface area contributed by atoms with Crippen molar-refractivity contribution >= 4 is 29.2 Å². The molecule has 5 heteroatoms. The molecule has 0 saturated heterocycles. The van der Waals surface area contributed by atoms with Gasteiger partial charge in [-0.3, -0.25) is 4.79 Å². The zero-order valence-electron chi connectivity index (χ0n) is 10.2. The number of carboxylic acid groups (broad SMARTS) is 1. The van der Waals surface area contributed by atoms with Crippen molar-refractivity contribution in [2.24, 2.45) is 0 Å². The van der Waals surface area contributed by atoms with Crippen LogP contribution in [0.2, 0.25) is 10.0 Å². The molecule has 1 rings (SSSR count). The Morgan fingerprint density at radius 1 is 1.39 bits per heavy atom. The molecule has 1 aromatic rings. The predicted octanol–water partition coefficient (Wildman–Crippen LogP) is 3.90. The van der Waals surface area contributed by atoms with Crippen LogP contribution in [0.25, 0.3) is 0 Å². The molecule has 2 N–H and O–H groups in total. The minimum absolute atomic E-state index is 0.175. The Labute approximate surface area is 117 Å². The van der Waals surface area contributed by atoms with Gasteiger partial charge in [-0.05, 0) is 37.1 Å². The van der Waals surface area contributed by atoms with E-state index in [4.69, 9.17) is 28.3 Å². The van der Waals surface area contributed by atoms with Gasteiger partial charge in [-0.1, -0.05) is 36.2 Å². The van der Waals surface area contributed by atoms with Crippen LogP contribution >= 0.6 is 23.2 Å². The molecule has 0 aliphatic heterocycles. The lowest BCUT2D eigenvalue weighted by Crippen LogP contribution is -2.22. The Bertz CT molecular complexity index is 410. The third kappa shape index (κ3) is 4.84. The molecule has 0 aromatic heterocycles. The molecular weight excluding hydrogens is 273 g/mol. The highest BCUT2D eigenvalue weighted by molar-refractivity contribution is 6.42. The second-order valence-electron chi connectivity index (χ2n) is 4.09. The first-order chi connectivity index (χ1) is 8.54. The van der Waals surface area contributed by atoms with Crippen LogP contribution in [-0.2, 0) is 4.79 Å². The van der Waals surface area contributed by atoms with Crippen molar-refractivity contribution in [2.45, 2.75) is 32.2 Å². The maximum atomic E-state index is 10.4. The molecule has 1 unspecified atom stereocenters. The lowest BCUT2D eigenvalue weighted by molar-refractivity contribution is -0.137. The van der Waals surface area contributed by atoms with E-state index in [0.717, 1.165) is 12.0 Å². The van der Waals surface area contributed by atoms with E-state index >= 15 is 0 Å². The first kappa shape index (κ1) is 15.3. The average Bonchev–Trinajstić information content (AvgIpc) is 2.33. The predicted molar refractivity (Wildman–Crippen MR) is 74.4 cm³/mol. The topological polar surface area (TPSA) is 49.3 Å². The van der Waals surface area contributed by atoms with Gasteiger partial charge in [0.25, 0.3) is 0 Å². The van der Waals surface area contributed by atoms with Gasteiger partial charge in [0.15, 0.2) is 0 Å². The summed E-state index contributed by atoms with van der Waals surface area (Å²) in [4.78, 5) is 10.4. The molecule has 0 aliphatic carbocycles. The molecule has 3 nitrogen and oxygen atoms in total. The minimum atomic E-state index is -0.764. The zero-order valence-corrected chi connectivity index (χ0v) is 11.8. The highest BCUT2D eigenvalue weighted by Gasteiger charge is 2.10. The molecule has 0 amide bonds. The summed E-state index contributed by atoms with van der Waals surface area (Å²) in [5.41, 5.74) is 1.07. The zero-order chi connectivity index (χ0) is 13.5. The van der Waals surface area contributed by atoms with Gasteiger partial charge in [-0.2, -0.15) is 0 Å². The van der Waals surface area contributed by atoms with E-state index in [2.05, 4.69) is 12.2 Å². The van der Waals surface area contributed by atoms with Gasteiger partial charge in [0.1, 0.15) is 0 Å². The number of aliphatic carboxylic acids is 1. The van der Waals surface area contributed by atoms with Gasteiger partial charge in [0, 0.05) is 12.5 Å². The fourth-order valence-corrected chi connectivity index (χ4v) is 2.05. The van der Waals surface area contributed by atoms with Crippen molar-refractivity contribution in [1.29, 1.82) is 0 Å². The Hall–Kier alpha value is -0.770. The van der Waals surface area contributed by atoms with E-state index in [1.54, 1.807) is 6.07 Å². The van der Waals surface area contributed by atoms with E-state index in [-0.39, 0.29) is 12.5 Å². The van der Waals surface area contributed by atoms with E-state index in [1.165, 1.54) is 0 Å². The van der Waals surface area contributed by atoms with Gasteiger partial charge in [-0.25, -0.2) is 0 Å². The monoisotopic (exact) mass is 289 g/mol. The molecule has 0 radical (unpaired) electrons. The number of hydrogen-bond acceptors (Lipinski definition) is 2. The number of rotatable bonds is 7. The van der Waals surface area contributed by atoms with Gasteiger partial charge in [-0.15, -0.1) is 0 Å². The number of benzene rings is 1. The van der Waals surface area contributed by atoms with E-state index < -0.39 is 5.97 Å². The molecular formula is C13H17Cl2NO2. The normalized spacial score (nSPS) is 12.4. The molecule has 0 fully saturated rings. The molecule has 0 saturated carbocycles. The van der Waals surface area contributed by atoms with Gasteiger partial charge in [0.2, 0.25) is 0 Å². The van der Waals surface area contributed by atoms with E-state index in [0.29, 0.717) is 23.0 Å². The van der Waals surface area contributed by atoms with Crippen molar-refractivity contribution in [3.05, 3.63) is 33.8 Å². The molecule has 0 bridgehead atoms. The van der Waals surface area contributed by atoms with Crippen LogP contribution < -0.4 is 5.32 Å². The van der Waals surface area contributed by atoms with Gasteiger partial charge < -0.3 is 10.4 Å². The Morgan fingerprint density at radius 2 is 2.11 bits per heavy atom. The second-order valence-corrected chi connectivity index (χ2v) is 4.90. The van der Waals surface area contributed by atoms with Crippen LogP contribution in [0.5, 0.6) is 0 Å². The Balaban J connectivity index is 2.54. The molecule has 1 aromatic carbocycles. The summed E-state index contributed by atoms with van der Waals surface area (Å²) in [7, 11) is 0. The summed E-state index contributed by atoms with van der Waals surface area (Å²) in [6.07, 6.45) is 1.71. The van der Waals surface area contributed by atoms with Crippen molar-refractivity contribution in [3.8, 4) is 0 Å². The summed E-state index contributed by atoms with van der Waals surface area (Å²) < 4.78 is 0. The van der Waals surface area contributed by atoms with Crippen molar-refractivity contribution in [1.82, 2.24) is 5.32 Å². The van der Waals surface area contributed by atoms with Gasteiger partial charge >= 0.3 is 5.97 Å². The SMILES string of the molecule is CCC(NCCCC(=O)O)c1ccc(Cl)c(Cl)c1. The highest BCUT2D eigenvalue weighted by atomic mass is 35.5. The van der Waals surface area contributed by atoms with Crippen molar-refractivity contribution in [2.75, 3.05) is 6.54 Å². The fraction of sp³-hybridized carbons (Fsp3) is 0.462. The Kier molecular flexibility index (Phi) is 6.47. The number of hydrogen-bond donors (Lipinski definition) is 2. The third-order valence-electron chi connectivity index (χ3n) is 2.71. The first-order valence-corrected chi connectivity index (χ1v) is 6.70. The fourth-order valence-electron chi connectivity index (χ4n) is 1.74. The highest BCUT2D eigenvalue weighted by Crippen LogP contribution is 2.26. The van der Waals surface area contributed by atoms with E-state index in [1.807, 2.05) is 12.1 Å². The first-order valence-electron chi connectivity index (χ1n) is 5.94. The largest absolute Gasteiger partial charge is 0.481 e. The van der Waals surface area contributed by atoms with Gasteiger partial charge in [0.05, 0.1) is 10.0 Å². The van der Waals surface area contributed by atoms with Crippen molar-refractivity contribution < 1.29 is 9.90 Å². The number of nitrogens with one attached hydrogen (secondary N) is 1. The standard InChI is InChI=1S/C13H17Cl2NO2/c1-2-12(16-7-3-4-13(17)18)9-5-6-10(14)11(15)8-9/h5-6,8,12,16H,2-4,7H2,1H3,(H,17,18). The molecule has 1 atom stereocenters. The lowest BCUT2D eigenvalue weighted by atomic mass is 10.0. The van der Waals surface area contributed by atoms with Crippen LogP contribution in [-0.4, -0.2) is 17.6 Å². The molecule has 100 valence electrons. The number of halogens is 2. The average molecular weight is 290 g/mol. The summed E-state index contributed by atoms with van der Waals surface area (Å²) in [5, 5.41) is 13.0. The van der Waals surface area contributed by atoms with Crippen LogP contribution in [0.1, 0.15) is 37.8 Å².